The Hall–Kier alpha value is -3.11. The molecule has 6 heteroatoms. The summed E-state index contributed by atoms with van der Waals surface area (Å²) < 4.78 is 4.95. The molecule has 0 aliphatic heterocycles. The molecular formula is C15H11N3O3. The van der Waals surface area contributed by atoms with Crippen molar-refractivity contribution < 1.29 is 14.3 Å². The maximum atomic E-state index is 11.8. The van der Waals surface area contributed by atoms with Crippen LogP contribution < -0.4 is 0 Å². The van der Waals surface area contributed by atoms with Crippen molar-refractivity contribution in [3.8, 4) is 0 Å². The maximum Gasteiger partial charge on any atom is 0.338 e. The van der Waals surface area contributed by atoms with Gasteiger partial charge in [0.15, 0.2) is 12.4 Å². The lowest BCUT2D eigenvalue weighted by atomic mass is 10.1. The zero-order chi connectivity index (χ0) is 15.1. The molecule has 0 heterocycles. The molecule has 0 saturated heterocycles. The highest BCUT2D eigenvalue weighted by molar-refractivity contribution is 5.99. The molecule has 0 aliphatic rings. The van der Waals surface area contributed by atoms with Crippen LogP contribution in [0.4, 0.5) is 5.69 Å². The summed E-state index contributed by atoms with van der Waals surface area (Å²) in [5, 5.41) is 3.40. The molecule has 0 radical (unpaired) electrons. The maximum absolute atomic E-state index is 11.8. The normalized spacial score (nSPS) is 9.52. The van der Waals surface area contributed by atoms with E-state index in [1.165, 1.54) is 24.3 Å². The first kappa shape index (κ1) is 14.3. The van der Waals surface area contributed by atoms with Crippen LogP contribution in [0, 0.1) is 0 Å². The lowest BCUT2D eigenvalue weighted by molar-refractivity contribution is 0.0475. The van der Waals surface area contributed by atoms with Gasteiger partial charge in [-0.15, -0.1) is 0 Å². The van der Waals surface area contributed by atoms with E-state index >= 15 is 0 Å². The fourth-order valence-corrected chi connectivity index (χ4v) is 1.64. The number of nitrogens with zero attached hydrogens (tertiary/aromatic N) is 3. The predicted octanol–water partition coefficient (Wildman–Crippen LogP) is 3.67. The molecule has 2 aromatic carbocycles. The first-order chi connectivity index (χ1) is 10.2. The molecule has 0 atom stereocenters. The van der Waals surface area contributed by atoms with Gasteiger partial charge < -0.3 is 4.74 Å². The van der Waals surface area contributed by atoms with Gasteiger partial charge in [0, 0.05) is 16.2 Å². The zero-order valence-electron chi connectivity index (χ0n) is 11.0. The number of ether oxygens (including phenoxy) is 1. The molecule has 2 aromatic rings. The van der Waals surface area contributed by atoms with E-state index in [0.29, 0.717) is 11.3 Å². The standard InChI is InChI=1S/C15H11N3O3/c16-18-17-13-8-6-12(7-9-13)15(20)21-10-14(19)11-4-2-1-3-5-11/h1-9H,10H2. The second-order valence-electron chi connectivity index (χ2n) is 4.10. The molecule has 2 rings (SSSR count). The quantitative estimate of drug-likeness (QED) is 0.275. The predicted molar refractivity (Wildman–Crippen MR) is 76.3 cm³/mol. The molecular weight excluding hydrogens is 270 g/mol. The van der Waals surface area contributed by atoms with Gasteiger partial charge in [0.25, 0.3) is 0 Å². The molecule has 21 heavy (non-hydrogen) atoms. The monoisotopic (exact) mass is 281 g/mol. The van der Waals surface area contributed by atoms with E-state index in [2.05, 4.69) is 10.0 Å². The average molecular weight is 281 g/mol. The van der Waals surface area contributed by atoms with Gasteiger partial charge in [-0.1, -0.05) is 47.6 Å². The molecule has 104 valence electrons. The summed E-state index contributed by atoms with van der Waals surface area (Å²) in [6, 6.07) is 14.5. The second kappa shape index (κ2) is 6.88. The van der Waals surface area contributed by atoms with Crippen molar-refractivity contribution in [3.63, 3.8) is 0 Å². The Balaban J connectivity index is 1.95. The number of carbonyl (C=O) groups is 2. The van der Waals surface area contributed by atoms with E-state index in [0.717, 1.165) is 0 Å². The molecule has 0 bridgehead atoms. The van der Waals surface area contributed by atoms with E-state index in [1.54, 1.807) is 30.3 Å². The number of hydrogen-bond acceptors (Lipinski definition) is 4. The van der Waals surface area contributed by atoms with Gasteiger partial charge in [0.2, 0.25) is 0 Å². The van der Waals surface area contributed by atoms with Crippen LogP contribution in [0.5, 0.6) is 0 Å². The van der Waals surface area contributed by atoms with Crippen LogP contribution in [0.1, 0.15) is 20.7 Å². The van der Waals surface area contributed by atoms with Crippen LogP contribution in [0.2, 0.25) is 0 Å². The first-order valence-corrected chi connectivity index (χ1v) is 6.11. The van der Waals surface area contributed by atoms with Crippen molar-refractivity contribution >= 4 is 17.4 Å². The Kier molecular flexibility index (Phi) is 4.69. The smallest absolute Gasteiger partial charge is 0.338 e. The van der Waals surface area contributed by atoms with Crippen molar-refractivity contribution in [2.75, 3.05) is 6.61 Å². The summed E-state index contributed by atoms with van der Waals surface area (Å²) in [6.45, 7) is -0.319. The van der Waals surface area contributed by atoms with Crippen LogP contribution in [0.3, 0.4) is 0 Å². The van der Waals surface area contributed by atoms with E-state index in [-0.39, 0.29) is 18.0 Å². The van der Waals surface area contributed by atoms with Gasteiger partial charge in [-0.05, 0) is 17.7 Å². The molecule has 0 saturated carbocycles. The Morgan fingerprint density at radius 3 is 2.29 bits per heavy atom. The van der Waals surface area contributed by atoms with Crippen molar-refractivity contribution in [2.45, 2.75) is 0 Å². The molecule has 0 fully saturated rings. The number of rotatable bonds is 5. The first-order valence-electron chi connectivity index (χ1n) is 6.11. The summed E-state index contributed by atoms with van der Waals surface area (Å²) in [5.74, 6) is -0.874. The third-order valence-corrected chi connectivity index (χ3v) is 2.69. The van der Waals surface area contributed by atoms with Crippen LogP contribution >= 0.6 is 0 Å². The summed E-state index contributed by atoms with van der Waals surface area (Å²) >= 11 is 0. The summed E-state index contributed by atoms with van der Waals surface area (Å²) in [6.07, 6.45) is 0. The number of ketones is 1. The molecule has 0 spiro atoms. The van der Waals surface area contributed by atoms with Gasteiger partial charge in [-0.3, -0.25) is 4.79 Å². The van der Waals surface area contributed by atoms with Crippen LogP contribution in [-0.4, -0.2) is 18.4 Å². The zero-order valence-corrected chi connectivity index (χ0v) is 11.0. The molecule has 6 nitrogen and oxygen atoms in total. The van der Waals surface area contributed by atoms with Crippen LogP contribution in [0.25, 0.3) is 10.4 Å². The number of hydrogen-bond donors (Lipinski definition) is 0. The third kappa shape index (κ3) is 3.92. The highest BCUT2D eigenvalue weighted by Gasteiger charge is 2.11. The van der Waals surface area contributed by atoms with E-state index in [9.17, 15) is 9.59 Å². The van der Waals surface area contributed by atoms with Crippen molar-refractivity contribution in [2.24, 2.45) is 5.11 Å². The molecule has 0 unspecified atom stereocenters. The highest BCUT2D eigenvalue weighted by atomic mass is 16.5. The number of carbonyl (C=O) groups excluding carboxylic acids is 2. The van der Waals surface area contributed by atoms with Gasteiger partial charge in [-0.25, -0.2) is 4.79 Å². The topological polar surface area (TPSA) is 92.1 Å². The molecule has 0 aromatic heterocycles. The minimum atomic E-state index is -0.605. The van der Waals surface area contributed by atoms with Crippen molar-refractivity contribution in [1.82, 2.24) is 0 Å². The van der Waals surface area contributed by atoms with Crippen LogP contribution in [0.15, 0.2) is 59.7 Å². The SMILES string of the molecule is [N-]=[N+]=Nc1ccc(C(=O)OCC(=O)c2ccccc2)cc1. The van der Waals surface area contributed by atoms with E-state index < -0.39 is 5.97 Å². The number of benzene rings is 2. The third-order valence-electron chi connectivity index (χ3n) is 2.69. The summed E-state index contributed by atoms with van der Waals surface area (Å²) in [4.78, 5) is 26.2. The van der Waals surface area contributed by atoms with Gasteiger partial charge in [0.1, 0.15) is 0 Å². The minimum Gasteiger partial charge on any atom is -0.454 e. The Bertz CT molecular complexity index is 690. The highest BCUT2D eigenvalue weighted by Crippen LogP contribution is 2.14. The Morgan fingerprint density at radius 1 is 1.00 bits per heavy atom. The lowest BCUT2D eigenvalue weighted by Crippen LogP contribution is -2.14. The number of esters is 1. The Morgan fingerprint density at radius 2 is 1.67 bits per heavy atom. The second-order valence-corrected chi connectivity index (χ2v) is 4.10. The van der Waals surface area contributed by atoms with Gasteiger partial charge in [-0.2, -0.15) is 0 Å². The summed E-state index contributed by atoms with van der Waals surface area (Å²) in [5.41, 5.74) is 9.45. The van der Waals surface area contributed by atoms with Crippen molar-refractivity contribution in [1.29, 1.82) is 0 Å². The molecule has 0 amide bonds. The van der Waals surface area contributed by atoms with Gasteiger partial charge >= 0.3 is 5.97 Å². The number of azide groups is 1. The molecule has 0 aliphatic carbocycles. The van der Waals surface area contributed by atoms with Crippen LogP contribution in [-0.2, 0) is 4.74 Å². The Labute approximate surface area is 120 Å². The van der Waals surface area contributed by atoms with E-state index in [1.807, 2.05) is 0 Å². The summed E-state index contributed by atoms with van der Waals surface area (Å²) in [7, 11) is 0. The van der Waals surface area contributed by atoms with E-state index in [4.69, 9.17) is 10.3 Å². The fourth-order valence-electron chi connectivity index (χ4n) is 1.64. The van der Waals surface area contributed by atoms with Crippen molar-refractivity contribution in [3.05, 3.63) is 76.2 Å². The largest absolute Gasteiger partial charge is 0.454 e. The lowest BCUT2D eigenvalue weighted by Gasteiger charge is -2.04. The minimum absolute atomic E-state index is 0.269. The molecule has 0 N–H and O–H groups in total. The van der Waals surface area contributed by atoms with Gasteiger partial charge in [0.05, 0.1) is 5.56 Å². The number of Topliss-reactive ketones (excluding diaryl/α,β-unsaturated/α-hetero) is 1. The fraction of sp³-hybridized carbons (Fsp3) is 0.0667. The average Bonchev–Trinajstić information content (AvgIpc) is 2.54.